The Morgan fingerprint density at radius 2 is 2.16 bits per heavy atom. The van der Waals surface area contributed by atoms with Gasteiger partial charge in [-0.15, -0.1) is 0 Å². The Hall–Kier alpha value is -1.29. The molecule has 0 radical (unpaired) electrons. The van der Waals surface area contributed by atoms with Crippen LogP contribution in [0.1, 0.15) is 44.6 Å². The molecule has 3 atom stereocenters. The first kappa shape index (κ1) is 14.1. The third-order valence-electron chi connectivity index (χ3n) is 3.93. The lowest BCUT2D eigenvalue weighted by Crippen LogP contribution is -2.44. The molecule has 4 heteroatoms. The number of nitrogens with zero attached hydrogens (tertiary/aromatic N) is 1. The van der Waals surface area contributed by atoms with E-state index in [1.54, 1.807) is 11.9 Å². The molecule has 1 aliphatic carbocycles. The fourth-order valence-electron chi connectivity index (χ4n) is 2.25. The van der Waals surface area contributed by atoms with Gasteiger partial charge >= 0.3 is 0 Å². The van der Waals surface area contributed by atoms with Crippen molar-refractivity contribution in [1.82, 2.24) is 4.90 Å². The van der Waals surface area contributed by atoms with Crippen molar-refractivity contribution < 1.29 is 9.21 Å². The van der Waals surface area contributed by atoms with Crippen LogP contribution >= 0.6 is 0 Å². The topological polar surface area (TPSA) is 59.5 Å². The van der Waals surface area contributed by atoms with Crippen molar-refractivity contribution in [3.8, 4) is 0 Å². The molecular weight excluding hydrogens is 240 g/mol. The molecule has 0 saturated heterocycles. The Morgan fingerprint density at radius 3 is 2.68 bits per heavy atom. The summed E-state index contributed by atoms with van der Waals surface area (Å²) in [6.07, 6.45) is 1.21. The van der Waals surface area contributed by atoms with Crippen molar-refractivity contribution in [3.05, 3.63) is 23.7 Å². The molecule has 1 saturated carbocycles. The van der Waals surface area contributed by atoms with E-state index in [0.717, 1.165) is 17.4 Å². The molecule has 2 rings (SSSR count). The average Bonchev–Trinajstić information content (AvgIpc) is 2.90. The lowest BCUT2D eigenvalue weighted by atomic mass is 10.0. The number of carbonyl (C=O) groups excluding carboxylic acids is 1. The zero-order valence-corrected chi connectivity index (χ0v) is 12.2. The maximum atomic E-state index is 12.1. The summed E-state index contributed by atoms with van der Waals surface area (Å²) in [5, 5.41) is 0. The molecule has 0 bridgehead atoms. The fraction of sp³-hybridized carbons (Fsp3) is 0.667. The summed E-state index contributed by atoms with van der Waals surface area (Å²) >= 11 is 0. The highest BCUT2D eigenvalue weighted by Gasteiger charge is 2.36. The van der Waals surface area contributed by atoms with Crippen molar-refractivity contribution in [1.29, 1.82) is 0 Å². The Balaban J connectivity index is 1.93. The minimum Gasteiger partial charge on any atom is -0.464 e. The van der Waals surface area contributed by atoms with Gasteiger partial charge in [-0.3, -0.25) is 4.79 Å². The number of nitrogens with two attached hydrogens (primary N) is 1. The molecule has 1 amide bonds. The van der Waals surface area contributed by atoms with E-state index < -0.39 is 6.04 Å². The monoisotopic (exact) mass is 264 g/mol. The van der Waals surface area contributed by atoms with Crippen LogP contribution in [0.2, 0.25) is 0 Å². The van der Waals surface area contributed by atoms with Gasteiger partial charge in [-0.2, -0.15) is 0 Å². The lowest BCUT2D eigenvalue weighted by Gasteiger charge is -2.22. The highest BCUT2D eigenvalue weighted by atomic mass is 16.3. The number of furan rings is 1. The molecule has 0 aliphatic heterocycles. The van der Waals surface area contributed by atoms with Crippen molar-refractivity contribution in [2.24, 2.45) is 17.6 Å². The summed E-state index contributed by atoms with van der Waals surface area (Å²) in [4.78, 5) is 13.7. The molecule has 106 valence electrons. The summed E-state index contributed by atoms with van der Waals surface area (Å²) in [6, 6.07) is 3.55. The van der Waals surface area contributed by atoms with Crippen LogP contribution in [0.3, 0.4) is 0 Å². The molecule has 0 spiro atoms. The molecule has 1 heterocycles. The van der Waals surface area contributed by atoms with Gasteiger partial charge in [-0.25, -0.2) is 0 Å². The summed E-state index contributed by atoms with van der Waals surface area (Å²) in [5.74, 6) is 3.31. The lowest BCUT2D eigenvalue weighted by molar-refractivity contribution is -0.133. The van der Waals surface area contributed by atoms with Crippen molar-refractivity contribution >= 4 is 5.91 Å². The third-order valence-corrected chi connectivity index (χ3v) is 3.93. The van der Waals surface area contributed by atoms with Crippen LogP contribution in [0.15, 0.2) is 16.5 Å². The molecule has 4 nitrogen and oxygen atoms in total. The zero-order chi connectivity index (χ0) is 14.2. The molecule has 1 aromatic rings. The van der Waals surface area contributed by atoms with Gasteiger partial charge in [0.05, 0.1) is 12.6 Å². The Kier molecular flexibility index (Phi) is 3.99. The van der Waals surface area contributed by atoms with E-state index in [4.69, 9.17) is 10.2 Å². The van der Waals surface area contributed by atoms with Crippen LogP contribution in [0.25, 0.3) is 0 Å². The Morgan fingerprint density at radius 1 is 1.53 bits per heavy atom. The number of carbonyl (C=O) groups is 1. The molecule has 1 aliphatic rings. The van der Waals surface area contributed by atoms with Crippen LogP contribution in [0, 0.1) is 11.8 Å². The van der Waals surface area contributed by atoms with Crippen LogP contribution in [0.5, 0.6) is 0 Å². The molecule has 3 unspecified atom stereocenters. The minimum absolute atomic E-state index is 0.0345. The number of hydrogen-bond donors (Lipinski definition) is 1. The summed E-state index contributed by atoms with van der Waals surface area (Å²) in [6.45, 7) is 6.62. The molecule has 1 aromatic heterocycles. The molecule has 1 fully saturated rings. The van der Waals surface area contributed by atoms with E-state index in [2.05, 4.69) is 6.92 Å². The van der Waals surface area contributed by atoms with E-state index >= 15 is 0 Å². The second kappa shape index (κ2) is 5.37. The van der Waals surface area contributed by atoms with Gasteiger partial charge in [0.1, 0.15) is 11.5 Å². The maximum Gasteiger partial charge on any atom is 0.239 e. The highest BCUT2D eigenvalue weighted by Crippen LogP contribution is 2.47. The number of hydrogen-bond acceptors (Lipinski definition) is 3. The average molecular weight is 264 g/mol. The third kappa shape index (κ3) is 3.18. The number of rotatable bonds is 5. The highest BCUT2D eigenvalue weighted by molar-refractivity contribution is 5.81. The smallest absolute Gasteiger partial charge is 0.239 e. The fourth-order valence-corrected chi connectivity index (χ4v) is 2.25. The van der Waals surface area contributed by atoms with Crippen molar-refractivity contribution in [3.63, 3.8) is 0 Å². The van der Waals surface area contributed by atoms with Crippen LogP contribution in [-0.2, 0) is 11.3 Å². The van der Waals surface area contributed by atoms with Crippen LogP contribution in [0.4, 0.5) is 0 Å². The molecular formula is C15H24N2O2. The second-order valence-electron chi connectivity index (χ2n) is 6.09. The van der Waals surface area contributed by atoms with E-state index in [-0.39, 0.29) is 11.8 Å². The standard InChI is InChI=1S/C15H24N2O2/c1-9(2)14(16)15(18)17(4)8-11-5-6-13(19-11)12-7-10(12)3/h5-6,9-10,12,14H,7-8,16H2,1-4H3. The molecule has 19 heavy (non-hydrogen) atoms. The van der Waals surface area contributed by atoms with Gasteiger partial charge in [-0.1, -0.05) is 20.8 Å². The van der Waals surface area contributed by atoms with Crippen LogP contribution < -0.4 is 5.73 Å². The quantitative estimate of drug-likeness (QED) is 0.888. The number of likely N-dealkylation sites (N-methyl/N-ethyl adjacent to an activating group) is 1. The van der Waals surface area contributed by atoms with Crippen molar-refractivity contribution in [2.45, 2.75) is 45.7 Å². The first-order valence-corrected chi connectivity index (χ1v) is 6.99. The van der Waals surface area contributed by atoms with E-state index in [0.29, 0.717) is 12.5 Å². The zero-order valence-electron chi connectivity index (χ0n) is 12.2. The molecule has 2 N–H and O–H groups in total. The van der Waals surface area contributed by atoms with E-state index in [1.807, 2.05) is 26.0 Å². The second-order valence-corrected chi connectivity index (χ2v) is 6.09. The van der Waals surface area contributed by atoms with Gasteiger partial charge in [0.15, 0.2) is 0 Å². The van der Waals surface area contributed by atoms with E-state index in [9.17, 15) is 4.79 Å². The van der Waals surface area contributed by atoms with Crippen LogP contribution in [-0.4, -0.2) is 23.9 Å². The maximum absolute atomic E-state index is 12.1. The minimum atomic E-state index is -0.442. The summed E-state index contributed by atoms with van der Waals surface area (Å²) < 4.78 is 5.80. The SMILES string of the molecule is CC(C)C(N)C(=O)N(C)Cc1ccc(C2CC2C)o1. The normalized spacial score (nSPS) is 23.5. The largest absolute Gasteiger partial charge is 0.464 e. The first-order valence-electron chi connectivity index (χ1n) is 6.99. The number of amides is 1. The molecule has 0 aromatic carbocycles. The summed E-state index contributed by atoms with van der Waals surface area (Å²) in [7, 11) is 1.77. The van der Waals surface area contributed by atoms with Gasteiger partial charge in [0.25, 0.3) is 0 Å². The predicted molar refractivity (Wildman–Crippen MR) is 74.5 cm³/mol. The first-order chi connectivity index (χ1) is 8.90. The van der Waals surface area contributed by atoms with Gasteiger partial charge in [-0.05, 0) is 30.4 Å². The Labute approximate surface area is 114 Å². The van der Waals surface area contributed by atoms with Gasteiger partial charge in [0, 0.05) is 13.0 Å². The Bertz CT molecular complexity index is 453. The predicted octanol–water partition coefficient (Wildman–Crippen LogP) is 2.34. The van der Waals surface area contributed by atoms with Gasteiger partial charge < -0.3 is 15.1 Å². The van der Waals surface area contributed by atoms with Crippen molar-refractivity contribution in [2.75, 3.05) is 7.05 Å². The van der Waals surface area contributed by atoms with Gasteiger partial charge in [0.2, 0.25) is 5.91 Å². The summed E-state index contributed by atoms with van der Waals surface area (Å²) in [5.41, 5.74) is 5.87. The van der Waals surface area contributed by atoms with E-state index in [1.165, 1.54) is 6.42 Å².